The zero-order chi connectivity index (χ0) is 10.8. The molecule has 1 aliphatic carbocycles. The summed E-state index contributed by atoms with van der Waals surface area (Å²) in [6, 6.07) is 0.211. The maximum absolute atomic E-state index is 6.31. The Bertz CT molecular complexity index is 287. The molecule has 0 bridgehead atoms. The molecule has 1 heterocycles. The first kappa shape index (κ1) is 11.1. The Kier molecular flexibility index (Phi) is 3.42. The number of nitrogens with two attached hydrogens (primary N) is 1. The fraction of sp³-hybridized carbons (Fsp3) is 0.750. The van der Waals surface area contributed by atoms with Gasteiger partial charge < -0.3 is 5.73 Å². The van der Waals surface area contributed by atoms with Crippen LogP contribution in [0, 0.1) is 17.8 Å². The lowest BCUT2D eigenvalue weighted by molar-refractivity contribution is 0.194. The third kappa shape index (κ3) is 2.58. The zero-order valence-electron chi connectivity index (χ0n) is 9.52. The molecule has 84 valence electrons. The van der Waals surface area contributed by atoms with Gasteiger partial charge in [-0.3, -0.25) is 4.98 Å². The van der Waals surface area contributed by atoms with Gasteiger partial charge in [0.2, 0.25) is 0 Å². The average molecular weight is 224 g/mol. The van der Waals surface area contributed by atoms with Gasteiger partial charge in [0.15, 0.2) is 0 Å². The minimum absolute atomic E-state index is 0.211. The van der Waals surface area contributed by atoms with Crippen LogP contribution in [-0.4, -0.2) is 4.98 Å². The summed E-state index contributed by atoms with van der Waals surface area (Å²) >= 11 is 1.69. The number of thiazole rings is 1. The molecule has 3 heteroatoms. The summed E-state index contributed by atoms with van der Waals surface area (Å²) in [5.41, 5.74) is 8.19. The number of hydrogen-bond acceptors (Lipinski definition) is 3. The highest BCUT2D eigenvalue weighted by Gasteiger charge is 2.29. The fourth-order valence-corrected chi connectivity index (χ4v) is 3.64. The second-order valence-electron chi connectivity index (χ2n) is 5.11. The molecule has 1 aromatic rings. The molecule has 2 nitrogen and oxygen atoms in total. The van der Waals surface area contributed by atoms with Crippen molar-refractivity contribution >= 4 is 11.3 Å². The van der Waals surface area contributed by atoms with Crippen LogP contribution in [0.1, 0.15) is 44.0 Å². The van der Waals surface area contributed by atoms with E-state index in [0.29, 0.717) is 5.92 Å². The van der Waals surface area contributed by atoms with Crippen molar-refractivity contribution in [2.75, 3.05) is 0 Å². The molecule has 3 unspecified atom stereocenters. The molecule has 1 fully saturated rings. The summed E-state index contributed by atoms with van der Waals surface area (Å²) in [4.78, 5) is 5.37. The van der Waals surface area contributed by atoms with Crippen LogP contribution in [0.3, 0.4) is 0 Å². The largest absolute Gasteiger partial charge is 0.323 e. The molecule has 15 heavy (non-hydrogen) atoms. The molecule has 0 spiro atoms. The zero-order valence-corrected chi connectivity index (χ0v) is 10.3. The van der Waals surface area contributed by atoms with Crippen molar-refractivity contribution in [2.24, 2.45) is 23.5 Å². The normalized spacial score (nSPS) is 33.9. The molecule has 2 rings (SSSR count). The lowest BCUT2D eigenvalue weighted by Crippen LogP contribution is -2.28. The first-order valence-corrected chi connectivity index (χ1v) is 6.68. The monoisotopic (exact) mass is 224 g/mol. The average Bonchev–Trinajstić information content (AvgIpc) is 2.67. The van der Waals surface area contributed by atoms with Crippen LogP contribution >= 0.6 is 11.3 Å². The number of nitrogens with zero attached hydrogens (tertiary/aromatic N) is 1. The van der Waals surface area contributed by atoms with Gasteiger partial charge in [0, 0.05) is 17.1 Å². The first-order valence-electron chi connectivity index (χ1n) is 5.80. The van der Waals surface area contributed by atoms with Crippen LogP contribution in [0.2, 0.25) is 0 Å². The van der Waals surface area contributed by atoms with E-state index in [2.05, 4.69) is 18.8 Å². The Balaban J connectivity index is 2.03. The SMILES string of the molecule is CC1CC(C)CC(C(N)c2cncs2)C1. The van der Waals surface area contributed by atoms with Crippen LogP contribution in [0.25, 0.3) is 0 Å². The number of aromatic nitrogens is 1. The maximum atomic E-state index is 6.31. The molecule has 1 aromatic heterocycles. The van der Waals surface area contributed by atoms with E-state index in [1.807, 2.05) is 11.7 Å². The van der Waals surface area contributed by atoms with E-state index in [1.54, 1.807) is 11.3 Å². The van der Waals surface area contributed by atoms with Crippen LogP contribution < -0.4 is 5.73 Å². The van der Waals surface area contributed by atoms with E-state index in [-0.39, 0.29) is 6.04 Å². The predicted octanol–water partition coefficient (Wildman–Crippen LogP) is 3.22. The van der Waals surface area contributed by atoms with Crippen molar-refractivity contribution < 1.29 is 0 Å². The van der Waals surface area contributed by atoms with Gasteiger partial charge in [-0.05, 0) is 37.0 Å². The second-order valence-corrected chi connectivity index (χ2v) is 6.03. The summed E-state index contributed by atoms with van der Waals surface area (Å²) in [6.07, 6.45) is 5.86. The van der Waals surface area contributed by atoms with Gasteiger partial charge in [0.25, 0.3) is 0 Å². The third-order valence-corrected chi connectivity index (χ3v) is 4.38. The molecule has 2 N–H and O–H groups in total. The van der Waals surface area contributed by atoms with E-state index in [9.17, 15) is 0 Å². The predicted molar refractivity (Wildman–Crippen MR) is 64.7 cm³/mol. The molecule has 3 atom stereocenters. The van der Waals surface area contributed by atoms with Gasteiger partial charge >= 0.3 is 0 Å². The van der Waals surface area contributed by atoms with Crippen LogP contribution in [-0.2, 0) is 0 Å². The highest BCUT2D eigenvalue weighted by atomic mass is 32.1. The van der Waals surface area contributed by atoms with Gasteiger partial charge in [-0.25, -0.2) is 0 Å². The number of hydrogen-bond donors (Lipinski definition) is 1. The van der Waals surface area contributed by atoms with E-state index in [1.165, 1.54) is 24.1 Å². The Hall–Kier alpha value is -0.410. The summed E-state index contributed by atoms with van der Waals surface area (Å²) in [5, 5.41) is 0. The van der Waals surface area contributed by atoms with Gasteiger partial charge in [-0.2, -0.15) is 0 Å². The van der Waals surface area contributed by atoms with E-state index >= 15 is 0 Å². The molecule has 0 amide bonds. The van der Waals surface area contributed by atoms with Crippen molar-refractivity contribution in [3.8, 4) is 0 Å². The van der Waals surface area contributed by atoms with E-state index in [0.717, 1.165) is 11.8 Å². The quantitative estimate of drug-likeness (QED) is 0.837. The van der Waals surface area contributed by atoms with Crippen molar-refractivity contribution in [1.29, 1.82) is 0 Å². The van der Waals surface area contributed by atoms with Gasteiger partial charge in [0.05, 0.1) is 5.51 Å². The molecule has 0 saturated heterocycles. The third-order valence-electron chi connectivity index (χ3n) is 3.50. The highest BCUT2D eigenvalue weighted by Crippen LogP contribution is 2.39. The van der Waals surface area contributed by atoms with Gasteiger partial charge in [-0.1, -0.05) is 13.8 Å². The van der Waals surface area contributed by atoms with Crippen molar-refractivity contribution in [3.05, 3.63) is 16.6 Å². The fourth-order valence-electron chi connectivity index (χ4n) is 2.92. The van der Waals surface area contributed by atoms with Crippen molar-refractivity contribution in [2.45, 2.75) is 39.2 Å². The highest BCUT2D eigenvalue weighted by molar-refractivity contribution is 7.09. The van der Waals surface area contributed by atoms with Crippen LogP contribution in [0.5, 0.6) is 0 Å². The van der Waals surface area contributed by atoms with E-state index < -0.39 is 0 Å². The van der Waals surface area contributed by atoms with Crippen molar-refractivity contribution in [3.63, 3.8) is 0 Å². The smallest absolute Gasteiger partial charge is 0.0794 e. The van der Waals surface area contributed by atoms with Crippen LogP contribution in [0.15, 0.2) is 11.7 Å². The summed E-state index contributed by atoms with van der Waals surface area (Å²) < 4.78 is 0. The molecule has 0 aliphatic heterocycles. The maximum Gasteiger partial charge on any atom is 0.0794 e. The van der Waals surface area contributed by atoms with Gasteiger partial charge in [0.1, 0.15) is 0 Å². The topological polar surface area (TPSA) is 38.9 Å². The lowest BCUT2D eigenvalue weighted by Gasteiger charge is -2.34. The summed E-state index contributed by atoms with van der Waals surface area (Å²) in [6.45, 7) is 4.70. The Morgan fingerprint density at radius 3 is 2.53 bits per heavy atom. The lowest BCUT2D eigenvalue weighted by atomic mass is 9.74. The molecular weight excluding hydrogens is 204 g/mol. The number of rotatable bonds is 2. The standard InChI is InChI=1S/C12H20N2S/c1-8-3-9(2)5-10(4-8)12(13)11-6-14-7-15-11/h6-10,12H,3-5,13H2,1-2H3. The summed E-state index contributed by atoms with van der Waals surface area (Å²) in [7, 11) is 0. The molecule has 1 saturated carbocycles. The molecule has 1 aliphatic rings. The minimum atomic E-state index is 0.211. The Morgan fingerprint density at radius 2 is 2.00 bits per heavy atom. The first-order chi connectivity index (χ1) is 7.16. The van der Waals surface area contributed by atoms with Gasteiger partial charge in [-0.15, -0.1) is 11.3 Å². The Morgan fingerprint density at radius 1 is 1.33 bits per heavy atom. The minimum Gasteiger partial charge on any atom is -0.323 e. The molecular formula is C12H20N2S. The molecule has 0 radical (unpaired) electrons. The van der Waals surface area contributed by atoms with E-state index in [4.69, 9.17) is 5.73 Å². The Labute approximate surface area is 95.9 Å². The second kappa shape index (κ2) is 4.62. The summed E-state index contributed by atoms with van der Waals surface area (Å²) in [5.74, 6) is 2.32. The molecule has 0 aromatic carbocycles. The van der Waals surface area contributed by atoms with Crippen molar-refractivity contribution in [1.82, 2.24) is 4.98 Å². The van der Waals surface area contributed by atoms with Crippen LogP contribution in [0.4, 0.5) is 0 Å².